The Morgan fingerprint density at radius 3 is 2.71 bits per heavy atom. The highest BCUT2D eigenvalue weighted by molar-refractivity contribution is 5.39. The highest BCUT2D eigenvalue weighted by Crippen LogP contribution is 2.38. The first kappa shape index (κ1) is 11.2. The van der Waals surface area contributed by atoms with Crippen LogP contribution < -0.4 is 5.73 Å². The molecule has 2 nitrogen and oxygen atoms in total. The van der Waals surface area contributed by atoms with Crippen molar-refractivity contribution in [2.45, 2.75) is 43.6 Å². The van der Waals surface area contributed by atoms with E-state index in [1.54, 1.807) is 0 Å². The molecule has 0 heterocycles. The summed E-state index contributed by atoms with van der Waals surface area (Å²) in [5.74, 6) is 0.607. The molecule has 0 saturated heterocycles. The van der Waals surface area contributed by atoms with Crippen molar-refractivity contribution in [2.24, 2.45) is 5.73 Å². The topological polar surface area (TPSA) is 35.2 Å². The van der Waals surface area contributed by atoms with Crippen LogP contribution in [0.15, 0.2) is 24.3 Å². The lowest BCUT2D eigenvalue weighted by Gasteiger charge is -2.35. The van der Waals surface area contributed by atoms with E-state index in [1.165, 1.54) is 30.4 Å². The van der Waals surface area contributed by atoms with Gasteiger partial charge in [0.2, 0.25) is 0 Å². The molecule has 1 fully saturated rings. The molecular formula is C15H21NO. The van der Waals surface area contributed by atoms with Crippen LogP contribution in [0.3, 0.4) is 0 Å². The molecule has 92 valence electrons. The quantitative estimate of drug-likeness (QED) is 0.864. The standard InChI is InChI=1S/C15H21NO/c16-11-15(7-3-4-8-15)17-10-13-9-12-5-1-2-6-14(12)13/h1-2,5-6,13H,3-4,7-11,16H2. The van der Waals surface area contributed by atoms with Gasteiger partial charge in [-0.3, -0.25) is 0 Å². The number of benzene rings is 1. The Hall–Kier alpha value is -0.860. The maximum atomic E-state index is 6.18. The van der Waals surface area contributed by atoms with Crippen LogP contribution >= 0.6 is 0 Å². The highest BCUT2D eigenvalue weighted by atomic mass is 16.5. The van der Waals surface area contributed by atoms with Gasteiger partial charge in [0.1, 0.15) is 0 Å². The number of rotatable bonds is 4. The van der Waals surface area contributed by atoms with Crippen LogP contribution in [0.25, 0.3) is 0 Å². The van der Waals surface area contributed by atoms with Crippen molar-refractivity contribution in [1.29, 1.82) is 0 Å². The van der Waals surface area contributed by atoms with Crippen LogP contribution in [0, 0.1) is 0 Å². The molecule has 1 aromatic rings. The second kappa shape index (κ2) is 4.43. The van der Waals surface area contributed by atoms with E-state index in [9.17, 15) is 0 Å². The summed E-state index contributed by atoms with van der Waals surface area (Å²) in [5.41, 5.74) is 8.87. The zero-order valence-corrected chi connectivity index (χ0v) is 10.3. The first-order chi connectivity index (χ1) is 8.33. The van der Waals surface area contributed by atoms with Crippen molar-refractivity contribution < 1.29 is 4.74 Å². The van der Waals surface area contributed by atoms with Crippen LogP contribution in [0.4, 0.5) is 0 Å². The summed E-state index contributed by atoms with van der Waals surface area (Å²) in [6.45, 7) is 1.54. The zero-order chi connectivity index (χ0) is 11.7. The van der Waals surface area contributed by atoms with Gasteiger partial charge in [-0.1, -0.05) is 37.1 Å². The molecule has 2 aliphatic rings. The molecular weight excluding hydrogens is 210 g/mol. The molecule has 0 radical (unpaired) electrons. The second-order valence-corrected chi connectivity index (χ2v) is 5.51. The Balaban J connectivity index is 1.60. The lowest BCUT2D eigenvalue weighted by Crippen LogP contribution is -2.40. The summed E-state index contributed by atoms with van der Waals surface area (Å²) >= 11 is 0. The fourth-order valence-corrected chi connectivity index (χ4v) is 3.22. The third kappa shape index (κ3) is 2.00. The van der Waals surface area contributed by atoms with Gasteiger partial charge in [-0.15, -0.1) is 0 Å². The Morgan fingerprint density at radius 1 is 1.24 bits per heavy atom. The first-order valence-electron chi connectivity index (χ1n) is 6.75. The molecule has 2 heteroatoms. The van der Waals surface area contributed by atoms with Crippen molar-refractivity contribution >= 4 is 0 Å². The predicted molar refractivity (Wildman–Crippen MR) is 69.1 cm³/mol. The smallest absolute Gasteiger partial charge is 0.0804 e. The third-order valence-corrected chi connectivity index (χ3v) is 4.44. The molecule has 17 heavy (non-hydrogen) atoms. The van der Waals surface area contributed by atoms with E-state index in [1.807, 2.05) is 0 Å². The normalized spacial score (nSPS) is 25.4. The molecule has 2 aliphatic carbocycles. The lowest BCUT2D eigenvalue weighted by molar-refractivity contribution is -0.0424. The molecule has 2 N–H and O–H groups in total. The molecule has 3 rings (SSSR count). The maximum Gasteiger partial charge on any atom is 0.0804 e. The first-order valence-corrected chi connectivity index (χ1v) is 6.75. The van der Waals surface area contributed by atoms with Crippen molar-refractivity contribution in [1.82, 2.24) is 0 Å². The Bertz CT molecular complexity index is 396. The van der Waals surface area contributed by atoms with Gasteiger partial charge in [0, 0.05) is 12.5 Å². The summed E-state index contributed by atoms with van der Waals surface area (Å²) in [6.07, 6.45) is 6.03. The number of hydrogen-bond donors (Lipinski definition) is 1. The molecule has 0 spiro atoms. The Labute approximate surface area is 103 Å². The largest absolute Gasteiger partial charge is 0.373 e. The molecule has 1 unspecified atom stereocenters. The molecule has 0 aliphatic heterocycles. The van der Waals surface area contributed by atoms with Crippen LogP contribution in [0.5, 0.6) is 0 Å². The van der Waals surface area contributed by atoms with Crippen LogP contribution in [-0.2, 0) is 11.2 Å². The van der Waals surface area contributed by atoms with E-state index in [0.29, 0.717) is 12.5 Å². The van der Waals surface area contributed by atoms with Crippen LogP contribution in [0.2, 0.25) is 0 Å². The van der Waals surface area contributed by atoms with Crippen molar-refractivity contribution in [2.75, 3.05) is 13.2 Å². The fraction of sp³-hybridized carbons (Fsp3) is 0.600. The minimum Gasteiger partial charge on any atom is -0.373 e. The van der Waals surface area contributed by atoms with E-state index in [2.05, 4.69) is 24.3 Å². The molecule has 0 bridgehead atoms. The number of hydrogen-bond acceptors (Lipinski definition) is 2. The van der Waals surface area contributed by atoms with Gasteiger partial charge >= 0.3 is 0 Å². The zero-order valence-electron chi connectivity index (χ0n) is 10.3. The van der Waals surface area contributed by atoms with Crippen molar-refractivity contribution in [3.8, 4) is 0 Å². The summed E-state index contributed by atoms with van der Waals surface area (Å²) in [6, 6.07) is 8.70. The van der Waals surface area contributed by atoms with Gasteiger partial charge < -0.3 is 10.5 Å². The van der Waals surface area contributed by atoms with E-state index in [-0.39, 0.29) is 5.60 Å². The van der Waals surface area contributed by atoms with Crippen molar-refractivity contribution in [3.05, 3.63) is 35.4 Å². The monoisotopic (exact) mass is 231 g/mol. The summed E-state index contributed by atoms with van der Waals surface area (Å²) in [4.78, 5) is 0. The molecule has 0 amide bonds. The van der Waals surface area contributed by atoms with Crippen LogP contribution in [0.1, 0.15) is 42.7 Å². The van der Waals surface area contributed by atoms with Gasteiger partial charge in [-0.2, -0.15) is 0 Å². The van der Waals surface area contributed by atoms with E-state index in [4.69, 9.17) is 10.5 Å². The number of ether oxygens (including phenoxy) is 1. The fourth-order valence-electron chi connectivity index (χ4n) is 3.22. The predicted octanol–water partition coefficient (Wildman–Crippen LogP) is 2.61. The van der Waals surface area contributed by atoms with Gasteiger partial charge in [0.15, 0.2) is 0 Å². The average molecular weight is 231 g/mol. The second-order valence-electron chi connectivity index (χ2n) is 5.51. The Kier molecular flexibility index (Phi) is 2.93. The lowest BCUT2D eigenvalue weighted by atomic mass is 9.78. The molecule has 1 atom stereocenters. The molecule has 0 aromatic heterocycles. The van der Waals surface area contributed by atoms with Gasteiger partial charge in [0.25, 0.3) is 0 Å². The minimum atomic E-state index is 0.00450. The van der Waals surface area contributed by atoms with E-state index < -0.39 is 0 Å². The molecule has 1 aromatic carbocycles. The number of fused-ring (bicyclic) bond motifs is 1. The summed E-state index contributed by atoms with van der Waals surface area (Å²) in [7, 11) is 0. The van der Waals surface area contributed by atoms with Crippen LogP contribution in [-0.4, -0.2) is 18.8 Å². The number of nitrogens with two attached hydrogens (primary N) is 1. The van der Waals surface area contributed by atoms with Gasteiger partial charge in [-0.05, 0) is 30.4 Å². The summed E-state index contributed by atoms with van der Waals surface area (Å²) < 4.78 is 6.18. The molecule has 1 saturated carbocycles. The van der Waals surface area contributed by atoms with Gasteiger partial charge in [-0.25, -0.2) is 0 Å². The third-order valence-electron chi connectivity index (χ3n) is 4.44. The van der Waals surface area contributed by atoms with E-state index >= 15 is 0 Å². The average Bonchev–Trinajstić information content (AvgIpc) is 2.80. The SMILES string of the molecule is NCC1(OCC2Cc3ccccc32)CCCC1. The minimum absolute atomic E-state index is 0.00450. The van der Waals surface area contributed by atoms with Crippen molar-refractivity contribution in [3.63, 3.8) is 0 Å². The van der Waals surface area contributed by atoms with E-state index in [0.717, 1.165) is 19.4 Å². The Morgan fingerprint density at radius 2 is 2.00 bits per heavy atom. The van der Waals surface area contributed by atoms with Gasteiger partial charge in [0.05, 0.1) is 12.2 Å². The highest BCUT2D eigenvalue weighted by Gasteiger charge is 2.35. The maximum absolute atomic E-state index is 6.18. The summed E-state index contributed by atoms with van der Waals surface area (Å²) in [5, 5.41) is 0.